The van der Waals surface area contributed by atoms with E-state index < -0.39 is 19.9 Å². The molecule has 1 aliphatic rings. The van der Waals surface area contributed by atoms with E-state index in [2.05, 4.69) is 33.9 Å². The van der Waals surface area contributed by atoms with E-state index in [0.29, 0.717) is 5.57 Å². The SMILES string of the molecule is CCOC(=O)[C@@]1(O)C[C@@H](O[Si](C)(C)C(C)(C)C)C=C1C. The molecule has 5 heteroatoms. The molecule has 0 amide bonds. The average molecular weight is 300 g/mol. The van der Waals surface area contributed by atoms with Gasteiger partial charge in [0.2, 0.25) is 0 Å². The maximum absolute atomic E-state index is 11.9. The van der Waals surface area contributed by atoms with Gasteiger partial charge in [0.25, 0.3) is 0 Å². The molecule has 1 rings (SSSR count). The monoisotopic (exact) mass is 300 g/mol. The summed E-state index contributed by atoms with van der Waals surface area (Å²) >= 11 is 0. The molecule has 0 saturated carbocycles. The lowest BCUT2D eigenvalue weighted by Gasteiger charge is -2.38. The molecule has 0 aromatic rings. The smallest absolute Gasteiger partial charge is 0.342 e. The van der Waals surface area contributed by atoms with Crippen LogP contribution in [-0.2, 0) is 14.0 Å². The van der Waals surface area contributed by atoms with E-state index in [1.54, 1.807) is 13.8 Å². The van der Waals surface area contributed by atoms with Crippen LogP contribution in [0.1, 0.15) is 41.0 Å². The number of carbonyl (C=O) groups excluding carboxylic acids is 1. The Bertz CT molecular complexity index is 409. The standard InChI is InChI=1S/C15H28O4Si/c1-8-18-13(16)15(17)10-12(9-11(15)2)19-20(6,7)14(3,4)5/h9,12,17H,8,10H2,1-7H3/t12-,15+/m0/s1. The van der Waals surface area contributed by atoms with Gasteiger partial charge in [0, 0.05) is 6.42 Å². The van der Waals surface area contributed by atoms with Crippen LogP contribution in [0.4, 0.5) is 0 Å². The van der Waals surface area contributed by atoms with Crippen molar-refractivity contribution in [3.05, 3.63) is 11.6 Å². The van der Waals surface area contributed by atoms with Gasteiger partial charge in [-0.1, -0.05) is 26.8 Å². The van der Waals surface area contributed by atoms with Gasteiger partial charge in [-0.15, -0.1) is 0 Å². The van der Waals surface area contributed by atoms with Gasteiger partial charge in [0.15, 0.2) is 13.9 Å². The predicted molar refractivity (Wildman–Crippen MR) is 82.0 cm³/mol. The number of hydrogen-bond donors (Lipinski definition) is 1. The summed E-state index contributed by atoms with van der Waals surface area (Å²) in [5, 5.41) is 10.6. The summed E-state index contributed by atoms with van der Waals surface area (Å²) in [6, 6.07) is 0. The zero-order valence-corrected chi connectivity index (χ0v) is 14.7. The van der Waals surface area contributed by atoms with E-state index in [-0.39, 0.29) is 24.2 Å². The maximum Gasteiger partial charge on any atom is 0.342 e. The first kappa shape index (κ1) is 17.4. The van der Waals surface area contributed by atoms with Crippen LogP contribution in [0.3, 0.4) is 0 Å². The summed E-state index contributed by atoms with van der Waals surface area (Å²) in [5.41, 5.74) is -0.900. The highest BCUT2D eigenvalue weighted by Gasteiger charge is 2.48. The van der Waals surface area contributed by atoms with Crippen LogP contribution in [0.25, 0.3) is 0 Å². The third-order valence-electron chi connectivity index (χ3n) is 4.45. The van der Waals surface area contributed by atoms with Crippen molar-refractivity contribution in [1.82, 2.24) is 0 Å². The number of ether oxygens (including phenoxy) is 1. The van der Waals surface area contributed by atoms with Gasteiger partial charge in [0.1, 0.15) is 0 Å². The summed E-state index contributed by atoms with van der Waals surface area (Å²) in [7, 11) is -1.92. The van der Waals surface area contributed by atoms with Gasteiger partial charge in [0.05, 0.1) is 12.7 Å². The fraction of sp³-hybridized carbons (Fsp3) is 0.800. The number of rotatable bonds is 4. The fourth-order valence-electron chi connectivity index (χ4n) is 2.05. The van der Waals surface area contributed by atoms with Gasteiger partial charge in [-0.3, -0.25) is 0 Å². The van der Waals surface area contributed by atoms with E-state index in [0.717, 1.165) is 0 Å². The molecule has 0 spiro atoms. The normalized spacial score (nSPS) is 27.4. The first-order chi connectivity index (χ1) is 8.94. The van der Waals surface area contributed by atoms with Crippen LogP contribution < -0.4 is 0 Å². The van der Waals surface area contributed by atoms with Gasteiger partial charge in [-0.05, 0) is 37.6 Å². The molecule has 4 nitrogen and oxygen atoms in total. The van der Waals surface area contributed by atoms with Crippen LogP contribution in [0, 0.1) is 0 Å². The minimum atomic E-state index is -1.92. The third-order valence-corrected chi connectivity index (χ3v) is 8.95. The molecule has 0 radical (unpaired) electrons. The Morgan fingerprint density at radius 2 is 2.05 bits per heavy atom. The number of carbonyl (C=O) groups is 1. The molecule has 20 heavy (non-hydrogen) atoms. The summed E-state index contributed by atoms with van der Waals surface area (Å²) in [4.78, 5) is 11.9. The first-order valence-electron chi connectivity index (χ1n) is 7.20. The van der Waals surface area contributed by atoms with Crippen LogP contribution in [0.5, 0.6) is 0 Å². The Kier molecular flexibility index (Phi) is 4.89. The second-order valence-electron chi connectivity index (χ2n) is 7.05. The number of aliphatic hydroxyl groups is 1. The molecule has 116 valence electrons. The predicted octanol–water partition coefficient (Wildman–Crippen LogP) is 3.02. The van der Waals surface area contributed by atoms with Gasteiger partial charge in [-0.25, -0.2) is 4.79 Å². The van der Waals surface area contributed by atoms with Crippen molar-refractivity contribution in [2.45, 2.75) is 70.9 Å². The Morgan fingerprint density at radius 3 is 2.50 bits per heavy atom. The highest BCUT2D eigenvalue weighted by Crippen LogP contribution is 2.41. The Morgan fingerprint density at radius 1 is 1.50 bits per heavy atom. The van der Waals surface area contributed by atoms with Crippen molar-refractivity contribution < 1.29 is 19.1 Å². The molecule has 2 atom stereocenters. The van der Waals surface area contributed by atoms with Gasteiger partial charge in [-0.2, -0.15) is 0 Å². The highest BCUT2D eigenvalue weighted by molar-refractivity contribution is 6.74. The molecular formula is C15H28O4Si. The van der Waals surface area contributed by atoms with Crippen molar-refractivity contribution in [2.24, 2.45) is 0 Å². The second-order valence-corrected chi connectivity index (χ2v) is 11.8. The Labute approximate surface area is 123 Å². The minimum absolute atomic E-state index is 0.0966. The third kappa shape index (κ3) is 3.32. The van der Waals surface area contributed by atoms with Crippen LogP contribution in [-0.4, -0.2) is 37.7 Å². The van der Waals surface area contributed by atoms with Crippen molar-refractivity contribution in [2.75, 3.05) is 6.61 Å². The Balaban J connectivity index is 2.83. The van der Waals surface area contributed by atoms with Crippen molar-refractivity contribution in [1.29, 1.82) is 0 Å². The molecule has 0 aliphatic heterocycles. The molecule has 0 aromatic heterocycles. The fourth-order valence-corrected chi connectivity index (χ4v) is 3.32. The summed E-state index contributed by atoms with van der Waals surface area (Å²) in [6.07, 6.45) is 1.90. The lowest BCUT2D eigenvalue weighted by atomic mass is 9.97. The maximum atomic E-state index is 11.9. The molecule has 0 unspecified atom stereocenters. The largest absolute Gasteiger partial charge is 0.464 e. The van der Waals surface area contributed by atoms with Crippen LogP contribution in [0.2, 0.25) is 18.1 Å². The van der Waals surface area contributed by atoms with Crippen LogP contribution >= 0.6 is 0 Å². The second kappa shape index (κ2) is 5.62. The summed E-state index contributed by atoms with van der Waals surface area (Å²) in [5.74, 6) is -0.574. The van der Waals surface area contributed by atoms with Crippen molar-refractivity contribution in [3.8, 4) is 0 Å². The summed E-state index contributed by atoms with van der Waals surface area (Å²) < 4.78 is 11.2. The van der Waals surface area contributed by atoms with E-state index in [1.807, 2.05) is 6.08 Å². The lowest BCUT2D eigenvalue weighted by Crippen LogP contribution is -2.45. The van der Waals surface area contributed by atoms with E-state index in [1.165, 1.54) is 0 Å². The molecule has 1 N–H and O–H groups in total. The lowest BCUT2D eigenvalue weighted by molar-refractivity contribution is -0.161. The molecule has 0 fully saturated rings. The summed E-state index contributed by atoms with van der Waals surface area (Å²) in [6.45, 7) is 14.6. The Hall–Kier alpha value is -0.653. The van der Waals surface area contributed by atoms with E-state index in [9.17, 15) is 9.90 Å². The first-order valence-corrected chi connectivity index (χ1v) is 10.1. The molecule has 0 bridgehead atoms. The molecule has 1 aliphatic carbocycles. The number of hydrogen-bond acceptors (Lipinski definition) is 4. The van der Waals surface area contributed by atoms with Crippen molar-refractivity contribution >= 4 is 14.3 Å². The van der Waals surface area contributed by atoms with E-state index in [4.69, 9.17) is 9.16 Å². The molecule has 0 aromatic carbocycles. The minimum Gasteiger partial charge on any atom is -0.464 e. The van der Waals surface area contributed by atoms with Gasteiger partial charge >= 0.3 is 5.97 Å². The highest BCUT2D eigenvalue weighted by atomic mass is 28.4. The zero-order valence-electron chi connectivity index (χ0n) is 13.7. The van der Waals surface area contributed by atoms with E-state index >= 15 is 0 Å². The topological polar surface area (TPSA) is 55.8 Å². The molecule has 0 heterocycles. The number of esters is 1. The molecular weight excluding hydrogens is 272 g/mol. The van der Waals surface area contributed by atoms with Crippen LogP contribution in [0.15, 0.2) is 11.6 Å². The average Bonchev–Trinajstić information content (AvgIpc) is 2.53. The van der Waals surface area contributed by atoms with Crippen molar-refractivity contribution in [3.63, 3.8) is 0 Å². The molecule has 0 saturated heterocycles. The van der Waals surface area contributed by atoms with Gasteiger partial charge < -0.3 is 14.3 Å². The quantitative estimate of drug-likeness (QED) is 0.492. The zero-order chi connectivity index (χ0) is 15.8.